The number of amides is 2. The molecule has 28 heavy (non-hydrogen) atoms. The van der Waals surface area contributed by atoms with Crippen molar-refractivity contribution in [2.75, 3.05) is 18.4 Å². The number of hydrogen-bond donors (Lipinski definition) is 1. The van der Waals surface area contributed by atoms with Crippen molar-refractivity contribution in [1.29, 1.82) is 0 Å². The van der Waals surface area contributed by atoms with Crippen molar-refractivity contribution in [3.8, 4) is 0 Å². The van der Waals surface area contributed by atoms with Crippen LogP contribution in [0.5, 0.6) is 0 Å². The molecule has 2 aromatic carbocycles. The molecule has 1 aliphatic rings. The monoisotopic (exact) mass is 378 g/mol. The zero-order valence-electron chi connectivity index (χ0n) is 17.3. The molecule has 0 unspecified atom stereocenters. The van der Waals surface area contributed by atoms with Gasteiger partial charge in [-0.25, -0.2) is 0 Å². The van der Waals surface area contributed by atoms with E-state index in [-0.39, 0.29) is 23.1 Å². The van der Waals surface area contributed by atoms with Gasteiger partial charge in [-0.2, -0.15) is 0 Å². The Labute approximate surface area is 167 Å². The van der Waals surface area contributed by atoms with Crippen molar-refractivity contribution in [1.82, 2.24) is 4.90 Å². The SMILES string of the molecule is Cc1ccccc1C(=O)N1CCC(C(=O)Nc2ccccc2C(C)(C)C)CC1. The lowest BCUT2D eigenvalue weighted by Crippen LogP contribution is -2.41. The first-order chi connectivity index (χ1) is 13.3. The molecule has 0 aliphatic carbocycles. The molecule has 0 radical (unpaired) electrons. The van der Waals surface area contributed by atoms with Crippen LogP contribution < -0.4 is 5.32 Å². The number of anilines is 1. The molecule has 0 saturated carbocycles. The van der Waals surface area contributed by atoms with Gasteiger partial charge < -0.3 is 10.2 Å². The summed E-state index contributed by atoms with van der Waals surface area (Å²) >= 11 is 0. The Morgan fingerprint density at radius 1 is 0.964 bits per heavy atom. The number of aryl methyl sites for hydroxylation is 1. The number of nitrogens with zero attached hydrogens (tertiary/aromatic N) is 1. The van der Waals surface area contributed by atoms with Crippen LogP contribution in [0.4, 0.5) is 5.69 Å². The summed E-state index contributed by atoms with van der Waals surface area (Å²) < 4.78 is 0. The van der Waals surface area contributed by atoms with Crippen molar-refractivity contribution < 1.29 is 9.59 Å². The molecule has 4 nitrogen and oxygen atoms in total. The van der Waals surface area contributed by atoms with Crippen LogP contribution in [-0.2, 0) is 10.2 Å². The standard InChI is InChI=1S/C24H30N2O2/c1-17-9-5-6-10-19(17)23(28)26-15-13-18(14-16-26)22(27)25-21-12-8-7-11-20(21)24(2,3)4/h5-12,18H,13-16H2,1-4H3,(H,25,27). The van der Waals surface area contributed by atoms with E-state index in [1.54, 1.807) is 0 Å². The minimum atomic E-state index is -0.0612. The summed E-state index contributed by atoms with van der Waals surface area (Å²) in [5.74, 6) is 0.0590. The molecule has 1 heterocycles. The molecule has 0 bridgehead atoms. The summed E-state index contributed by atoms with van der Waals surface area (Å²) in [6.07, 6.45) is 1.39. The highest BCUT2D eigenvalue weighted by Crippen LogP contribution is 2.30. The number of carbonyl (C=O) groups excluding carboxylic acids is 2. The average Bonchev–Trinajstić information content (AvgIpc) is 2.67. The zero-order valence-corrected chi connectivity index (χ0v) is 17.3. The summed E-state index contributed by atoms with van der Waals surface area (Å²) in [6.45, 7) is 9.63. The van der Waals surface area contributed by atoms with Crippen molar-refractivity contribution >= 4 is 17.5 Å². The maximum Gasteiger partial charge on any atom is 0.254 e. The predicted octanol–water partition coefficient (Wildman–Crippen LogP) is 4.78. The van der Waals surface area contributed by atoms with Gasteiger partial charge in [-0.05, 0) is 48.4 Å². The van der Waals surface area contributed by atoms with Crippen LogP contribution in [-0.4, -0.2) is 29.8 Å². The minimum absolute atomic E-state index is 0.0345. The van der Waals surface area contributed by atoms with E-state index in [1.165, 1.54) is 0 Å². The number of carbonyl (C=O) groups is 2. The lowest BCUT2D eigenvalue weighted by atomic mass is 9.85. The Hall–Kier alpha value is -2.62. The predicted molar refractivity (Wildman–Crippen MR) is 114 cm³/mol. The highest BCUT2D eigenvalue weighted by Gasteiger charge is 2.29. The van der Waals surface area contributed by atoms with Gasteiger partial charge in [0, 0.05) is 30.3 Å². The van der Waals surface area contributed by atoms with E-state index in [9.17, 15) is 9.59 Å². The maximum absolute atomic E-state index is 12.8. The lowest BCUT2D eigenvalue weighted by molar-refractivity contribution is -0.121. The van der Waals surface area contributed by atoms with Crippen molar-refractivity contribution in [3.05, 3.63) is 65.2 Å². The van der Waals surface area contributed by atoms with Crippen LogP contribution in [0.25, 0.3) is 0 Å². The van der Waals surface area contributed by atoms with Gasteiger partial charge in [0.2, 0.25) is 5.91 Å². The van der Waals surface area contributed by atoms with Crippen molar-refractivity contribution in [2.45, 2.75) is 46.0 Å². The fourth-order valence-corrected chi connectivity index (χ4v) is 3.81. The molecule has 2 amide bonds. The molecule has 1 N–H and O–H groups in total. The highest BCUT2D eigenvalue weighted by molar-refractivity contribution is 5.96. The van der Waals surface area contributed by atoms with Gasteiger partial charge in [0.1, 0.15) is 0 Å². The second-order valence-corrected chi connectivity index (χ2v) is 8.67. The molecule has 1 fully saturated rings. The number of hydrogen-bond acceptors (Lipinski definition) is 2. The number of piperidine rings is 1. The first kappa shape index (κ1) is 20.1. The van der Waals surface area contributed by atoms with E-state index in [0.29, 0.717) is 25.9 Å². The zero-order chi connectivity index (χ0) is 20.3. The summed E-state index contributed by atoms with van der Waals surface area (Å²) in [5.41, 5.74) is 3.73. The molecule has 2 aromatic rings. The smallest absolute Gasteiger partial charge is 0.254 e. The lowest BCUT2D eigenvalue weighted by Gasteiger charge is -2.32. The van der Waals surface area contributed by atoms with Gasteiger partial charge in [0.25, 0.3) is 5.91 Å². The van der Waals surface area contributed by atoms with E-state index < -0.39 is 0 Å². The normalized spacial score (nSPS) is 15.4. The Kier molecular flexibility index (Phi) is 5.87. The summed E-state index contributed by atoms with van der Waals surface area (Å²) in [7, 11) is 0. The minimum Gasteiger partial charge on any atom is -0.339 e. The Morgan fingerprint density at radius 3 is 2.21 bits per heavy atom. The van der Waals surface area contributed by atoms with Gasteiger partial charge in [0.05, 0.1) is 0 Å². The largest absolute Gasteiger partial charge is 0.339 e. The quantitative estimate of drug-likeness (QED) is 0.835. The molecule has 4 heteroatoms. The van der Waals surface area contributed by atoms with Crippen molar-refractivity contribution in [3.63, 3.8) is 0 Å². The molecular formula is C24H30N2O2. The fourth-order valence-electron chi connectivity index (χ4n) is 3.81. The number of para-hydroxylation sites is 1. The van der Waals surface area contributed by atoms with Gasteiger partial charge in [-0.1, -0.05) is 57.2 Å². The molecule has 3 rings (SSSR count). The third kappa shape index (κ3) is 4.44. The third-order valence-electron chi connectivity index (χ3n) is 5.52. The van der Waals surface area contributed by atoms with Crippen LogP contribution in [0, 0.1) is 12.8 Å². The van der Waals surface area contributed by atoms with E-state index >= 15 is 0 Å². The number of benzene rings is 2. The van der Waals surface area contributed by atoms with Gasteiger partial charge >= 0.3 is 0 Å². The van der Waals surface area contributed by atoms with Gasteiger partial charge in [-0.3, -0.25) is 9.59 Å². The number of nitrogens with one attached hydrogen (secondary N) is 1. The Bertz CT molecular complexity index is 859. The summed E-state index contributed by atoms with van der Waals surface area (Å²) in [4.78, 5) is 27.5. The van der Waals surface area contributed by atoms with Crippen LogP contribution in [0.3, 0.4) is 0 Å². The molecule has 1 aliphatic heterocycles. The number of likely N-dealkylation sites (tertiary alicyclic amines) is 1. The fraction of sp³-hybridized carbons (Fsp3) is 0.417. The van der Waals surface area contributed by atoms with Crippen LogP contribution >= 0.6 is 0 Å². The molecular weight excluding hydrogens is 348 g/mol. The van der Waals surface area contributed by atoms with E-state index in [2.05, 4.69) is 32.2 Å². The third-order valence-corrected chi connectivity index (χ3v) is 5.52. The highest BCUT2D eigenvalue weighted by atomic mass is 16.2. The molecule has 0 spiro atoms. The first-order valence-electron chi connectivity index (χ1n) is 10.0. The Morgan fingerprint density at radius 2 is 1.57 bits per heavy atom. The van der Waals surface area contributed by atoms with Crippen LogP contribution in [0.15, 0.2) is 48.5 Å². The van der Waals surface area contributed by atoms with E-state index in [1.807, 2.05) is 54.3 Å². The van der Waals surface area contributed by atoms with E-state index in [4.69, 9.17) is 0 Å². The van der Waals surface area contributed by atoms with Crippen molar-refractivity contribution in [2.24, 2.45) is 5.92 Å². The second kappa shape index (κ2) is 8.17. The molecule has 0 aromatic heterocycles. The molecule has 0 atom stereocenters. The van der Waals surface area contributed by atoms with Crippen LogP contribution in [0.2, 0.25) is 0 Å². The topological polar surface area (TPSA) is 49.4 Å². The van der Waals surface area contributed by atoms with Crippen LogP contribution in [0.1, 0.15) is 55.1 Å². The molecule has 1 saturated heterocycles. The second-order valence-electron chi connectivity index (χ2n) is 8.67. The Balaban J connectivity index is 1.62. The molecule has 148 valence electrons. The van der Waals surface area contributed by atoms with E-state index in [0.717, 1.165) is 22.4 Å². The summed E-state index contributed by atoms with van der Waals surface area (Å²) in [5, 5.41) is 3.13. The number of rotatable bonds is 3. The maximum atomic E-state index is 12.8. The summed E-state index contributed by atoms with van der Waals surface area (Å²) in [6, 6.07) is 15.7. The average molecular weight is 379 g/mol. The van der Waals surface area contributed by atoms with Gasteiger partial charge in [0.15, 0.2) is 0 Å². The van der Waals surface area contributed by atoms with Gasteiger partial charge in [-0.15, -0.1) is 0 Å². The first-order valence-corrected chi connectivity index (χ1v) is 10.0.